The van der Waals surface area contributed by atoms with Crippen LogP contribution in [0.25, 0.3) is 0 Å². The zero-order valence-corrected chi connectivity index (χ0v) is 22.1. The Balaban J connectivity index is 2.01. The first-order valence-corrected chi connectivity index (χ1v) is 13.4. The van der Waals surface area contributed by atoms with Gasteiger partial charge in [0.1, 0.15) is 12.6 Å². The van der Waals surface area contributed by atoms with Gasteiger partial charge in [-0.3, -0.25) is 13.9 Å². The van der Waals surface area contributed by atoms with Crippen molar-refractivity contribution in [1.82, 2.24) is 10.2 Å². The number of hydrogen-bond acceptors (Lipinski definition) is 4. The predicted octanol–water partition coefficient (Wildman–Crippen LogP) is 4.40. The fourth-order valence-electron chi connectivity index (χ4n) is 3.67. The molecule has 0 aliphatic heterocycles. The van der Waals surface area contributed by atoms with E-state index in [-0.39, 0.29) is 23.0 Å². The van der Waals surface area contributed by atoms with Gasteiger partial charge in [0.25, 0.3) is 10.0 Å². The minimum absolute atomic E-state index is 0.0413. The number of nitrogens with one attached hydrogen (secondary N) is 1. The number of carbonyl (C=O) groups excluding carboxylic acids is 2. The molecule has 1 atom stereocenters. The van der Waals surface area contributed by atoms with Crippen LogP contribution in [0.1, 0.15) is 25.0 Å². The number of amides is 2. The highest BCUT2D eigenvalue weighted by molar-refractivity contribution is 7.92. The van der Waals surface area contributed by atoms with Crippen LogP contribution in [0, 0.1) is 6.92 Å². The summed E-state index contributed by atoms with van der Waals surface area (Å²) in [6.07, 6.45) is 0. The molecule has 7 nitrogen and oxygen atoms in total. The molecule has 0 heterocycles. The van der Waals surface area contributed by atoms with Gasteiger partial charge in [-0.2, -0.15) is 0 Å². The molecule has 190 valence electrons. The predicted molar refractivity (Wildman–Crippen MR) is 142 cm³/mol. The van der Waals surface area contributed by atoms with Crippen LogP contribution in [0.15, 0.2) is 83.8 Å². The monoisotopic (exact) mass is 527 g/mol. The first-order chi connectivity index (χ1) is 17.1. The van der Waals surface area contributed by atoms with Crippen LogP contribution in [0.3, 0.4) is 0 Å². The van der Waals surface area contributed by atoms with Crippen molar-refractivity contribution >= 4 is 39.1 Å². The van der Waals surface area contributed by atoms with Gasteiger partial charge in [-0.25, -0.2) is 8.42 Å². The maximum absolute atomic E-state index is 13.7. The Morgan fingerprint density at radius 3 is 2.25 bits per heavy atom. The third-order valence-electron chi connectivity index (χ3n) is 5.70. The summed E-state index contributed by atoms with van der Waals surface area (Å²) in [6, 6.07) is 21.0. The molecule has 0 aromatic heterocycles. The molecule has 1 unspecified atom stereocenters. The molecular weight excluding hydrogens is 498 g/mol. The van der Waals surface area contributed by atoms with E-state index in [9.17, 15) is 18.0 Å². The van der Waals surface area contributed by atoms with Gasteiger partial charge < -0.3 is 10.2 Å². The van der Waals surface area contributed by atoms with Crippen molar-refractivity contribution in [2.24, 2.45) is 0 Å². The quantitative estimate of drug-likeness (QED) is 0.423. The Morgan fingerprint density at radius 2 is 1.64 bits per heavy atom. The summed E-state index contributed by atoms with van der Waals surface area (Å²) >= 11 is 6.16. The summed E-state index contributed by atoms with van der Waals surface area (Å²) in [6.45, 7) is 5.43. The highest BCUT2D eigenvalue weighted by Gasteiger charge is 2.32. The number of likely N-dealkylation sites (N-methyl/N-ethyl adjacent to an activating group) is 1. The lowest BCUT2D eigenvalue weighted by molar-refractivity contribution is -0.139. The number of hydrogen-bond donors (Lipinski definition) is 1. The molecule has 2 amide bonds. The standard InChI is InChI=1S/C27H30ClN3O4S/c1-4-29-27(33)21(3)30(18-22-15-13-20(2)14-16-22)26(32)19-31(24-10-8-9-23(28)17-24)36(34,35)25-11-6-5-7-12-25/h5-17,21H,4,18-19H2,1-3H3,(H,29,33). The Morgan fingerprint density at radius 1 is 0.972 bits per heavy atom. The Bertz CT molecular complexity index is 1300. The molecule has 0 saturated heterocycles. The zero-order chi connectivity index (χ0) is 26.3. The molecule has 3 aromatic carbocycles. The molecule has 0 fully saturated rings. The summed E-state index contributed by atoms with van der Waals surface area (Å²) in [5, 5.41) is 3.08. The van der Waals surface area contributed by atoms with Gasteiger partial charge in [-0.05, 0) is 56.7 Å². The third-order valence-corrected chi connectivity index (χ3v) is 7.72. The van der Waals surface area contributed by atoms with E-state index in [0.717, 1.165) is 15.4 Å². The summed E-state index contributed by atoms with van der Waals surface area (Å²) in [5.41, 5.74) is 2.14. The van der Waals surface area contributed by atoms with E-state index in [1.165, 1.54) is 23.1 Å². The highest BCUT2D eigenvalue weighted by Crippen LogP contribution is 2.26. The molecule has 3 aromatic rings. The second-order valence-electron chi connectivity index (χ2n) is 8.38. The molecule has 1 N–H and O–H groups in total. The van der Waals surface area contributed by atoms with E-state index in [1.807, 2.05) is 31.2 Å². The topological polar surface area (TPSA) is 86.8 Å². The van der Waals surface area contributed by atoms with Crippen molar-refractivity contribution in [2.45, 2.75) is 38.3 Å². The largest absolute Gasteiger partial charge is 0.355 e. The number of sulfonamides is 1. The fourth-order valence-corrected chi connectivity index (χ4v) is 5.29. The fraction of sp³-hybridized carbons (Fsp3) is 0.259. The second-order valence-corrected chi connectivity index (χ2v) is 10.7. The van der Waals surface area contributed by atoms with E-state index < -0.39 is 28.5 Å². The van der Waals surface area contributed by atoms with Crippen molar-refractivity contribution in [3.63, 3.8) is 0 Å². The number of benzene rings is 3. The molecule has 3 rings (SSSR count). The van der Waals surface area contributed by atoms with Crippen LogP contribution >= 0.6 is 11.6 Å². The van der Waals surface area contributed by atoms with E-state index in [0.29, 0.717) is 11.6 Å². The molecule has 0 spiro atoms. The molecule has 0 saturated carbocycles. The Labute approximate surface area is 217 Å². The summed E-state index contributed by atoms with van der Waals surface area (Å²) in [5.74, 6) is -0.841. The lowest BCUT2D eigenvalue weighted by Crippen LogP contribution is -2.51. The average Bonchev–Trinajstić information content (AvgIpc) is 2.87. The molecular formula is C27H30ClN3O4S. The van der Waals surface area contributed by atoms with Gasteiger partial charge >= 0.3 is 0 Å². The molecule has 36 heavy (non-hydrogen) atoms. The van der Waals surface area contributed by atoms with Crippen molar-refractivity contribution in [2.75, 3.05) is 17.4 Å². The van der Waals surface area contributed by atoms with Crippen molar-refractivity contribution < 1.29 is 18.0 Å². The van der Waals surface area contributed by atoms with Crippen LogP contribution in [0.2, 0.25) is 5.02 Å². The zero-order valence-electron chi connectivity index (χ0n) is 20.5. The van der Waals surface area contributed by atoms with E-state index in [2.05, 4.69) is 5.32 Å². The van der Waals surface area contributed by atoms with E-state index >= 15 is 0 Å². The third kappa shape index (κ3) is 6.65. The van der Waals surface area contributed by atoms with E-state index in [1.54, 1.807) is 50.2 Å². The van der Waals surface area contributed by atoms with Crippen molar-refractivity contribution in [3.8, 4) is 0 Å². The summed E-state index contributed by atoms with van der Waals surface area (Å²) < 4.78 is 28.3. The van der Waals surface area contributed by atoms with Gasteiger partial charge in [0.15, 0.2) is 0 Å². The highest BCUT2D eigenvalue weighted by atomic mass is 35.5. The number of aryl methyl sites for hydroxylation is 1. The number of rotatable bonds is 10. The van der Waals surface area contributed by atoms with E-state index in [4.69, 9.17) is 11.6 Å². The number of halogens is 1. The van der Waals surface area contributed by atoms with Gasteiger partial charge in [-0.1, -0.05) is 65.7 Å². The first-order valence-electron chi connectivity index (χ1n) is 11.6. The number of nitrogens with zero attached hydrogens (tertiary/aromatic N) is 2. The summed E-state index contributed by atoms with van der Waals surface area (Å²) in [4.78, 5) is 27.9. The number of carbonyl (C=O) groups is 2. The maximum Gasteiger partial charge on any atom is 0.264 e. The Kier molecular flexibility index (Phi) is 9.12. The van der Waals surface area contributed by atoms with Crippen molar-refractivity contribution in [1.29, 1.82) is 0 Å². The first kappa shape index (κ1) is 27.2. The average molecular weight is 528 g/mol. The molecule has 0 bridgehead atoms. The SMILES string of the molecule is CCNC(=O)C(C)N(Cc1ccc(C)cc1)C(=O)CN(c1cccc(Cl)c1)S(=O)(=O)c1ccccc1. The van der Waals surface area contributed by atoms with Crippen LogP contribution in [0.4, 0.5) is 5.69 Å². The summed E-state index contributed by atoms with van der Waals surface area (Å²) in [7, 11) is -4.11. The van der Waals surface area contributed by atoms with Crippen molar-refractivity contribution in [3.05, 3.63) is 95.0 Å². The van der Waals surface area contributed by atoms with Gasteiger partial charge in [0.05, 0.1) is 10.6 Å². The van der Waals surface area contributed by atoms with Gasteiger partial charge in [0.2, 0.25) is 11.8 Å². The lowest BCUT2D eigenvalue weighted by Gasteiger charge is -2.32. The van der Waals surface area contributed by atoms with Crippen LogP contribution < -0.4 is 9.62 Å². The lowest BCUT2D eigenvalue weighted by atomic mass is 10.1. The minimum Gasteiger partial charge on any atom is -0.355 e. The van der Waals surface area contributed by atoms with Crippen LogP contribution in [-0.4, -0.2) is 44.3 Å². The second kappa shape index (κ2) is 12.1. The number of anilines is 1. The molecule has 0 aliphatic carbocycles. The normalized spacial score (nSPS) is 12.0. The molecule has 0 radical (unpaired) electrons. The van der Waals surface area contributed by atoms with Crippen LogP contribution in [0.5, 0.6) is 0 Å². The smallest absolute Gasteiger partial charge is 0.264 e. The van der Waals surface area contributed by atoms with Crippen LogP contribution in [-0.2, 0) is 26.2 Å². The van der Waals surface area contributed by atoms with Gasteiger partial charge in [0, 0.05) is 18.1 Å². The molecule has 9 heteroatoms. The Hall–Kier alpha value is -3.36. The maximum atomic E-state index is 13.7. The minimum atomic E-state index is -4.11. The molecule has 0 aliphatic rings. The van der Waals surface area contributed by atoms with Gasteiger partial charge in [-0.15, -0.1) is 0 Å².